The molecule has 0 aliphatic heterocycles. The first-order valence-electron chi connectivity index (χ1n) is 8.07. The number of hydrogen-bond donors (Lipinski definition) is 0. The molecular weight excluding hydrogens is 348 g/mol. The molecule has 0 spiro atoms. The van der Waals surface area contributed by atoms with Crippen LogP contribution in [0.3, 0.4) is 0 Å². The molecule has 134 valence electrons. The number of nitrogens with zero attached hydrogens (tertiary/aromatic N) is 2. The predicted molar refractivity (Wildman–Crippen MR) is 104 cm³/mol. The average Bonchev–Trinajstić information content (AvgIpc) is 2.97. The maximum Gasteiger partial charge on any atom is 0.245 e. The van der Waals surface area contributed by atoms with Gasteiger partial charge < -0.3 is 14.0 Å². The smallest absolute Gasteiger partial charge is 0.245 e. The second kappa shape index (κ2) is 7.58. The van der Waals surface area contributed by atoms with Crippen LogP contribution in [0.25, 0.3) is 21.7 Å². The van der Waals surface area contributed by atoms with Crippen LogP contribution >= 0.6 is 11.3 Å². The Labute approximate surface area is 156 Å². The van der Waals surface area contributed by atoms with Crippen LogP contribution in [0.5, 0.6) is 11.5 Å². The molecule has 0 aliphatic carbocycles. The number of methoxy groups -OCH3 is 2. The molecule has 1 aromatic heterocycles. The van der Waals surface area contributed by atoms with E-state index < -0.39 is 0 Å². The van der Waals surface area contributed by atoms with Crippen molar-refractivity contribution >= 4 is 17.2 Å². The van der Waals surface area contributed by atoms with Crippen LogP contribution in [0.1, 0.15) is 6.92 Å². The number of carbonyl (C=O) groups excluding carboxylic acids is 1. The molecule has 0 bridgehead atoms. The number of hydrogen-bond acceptors (Lipinski definition) is 4. The van der Waals surface area contributed by atoms with E-state index in [1.165, 1.54) is 18.3 Å². The Bertz CT molecular complexity index is 983. The van der Waals surface area contributed by atoms with Crippen LogP contribution in [0, 0.1) is 0 Å². The predicted octanol–water partition coefficient (Wildman–Crippen LogP) is 3.89. The highest BCUT2D eigenvalue weighted by Crippen LogP contribution is 2.35. The van der Waals surface area contributed by atoms with E-state index in [4.69, 9.17) is 9.47 Å². The molecule has 0 aliphatic rings. The summed E-state index contributed by atoms with van der Waals surface area (Å²) in [6.07, 6.45) is 0. The molecule has 26 heavy (non-hydrogen) atoms. The molecule has 0 N–H and O–H groups in total. The second-order valence-electron chi connectivity index (χ2n) is 5.71. The first-order chi connectivity index (χ1) is 12.5. The Morgan fingerprint density at radius 2 is 1.42 bits per heavy atom. The summed E-state index contributed by atoms with van der Waals surface area (Å²) in [5.74, 6) is 1.38. The van der Waals surface area contributed by atoms with Crippen LogP contribution in [-0.2, 0) is 11.8 Å². The van der Waals surface area contributed by atoms with E-state index >= 15 is 0 Å². The van der Waals surface area contributed by atoms with Crippen molar-refractivity contribution in [2.24, 2.45) is 12.0 Å². The number of ether oxygens (including phenoxy) is 2. The van der Waals surface area contributed by atoms with Crippen molar-refractivity contribution in [3.63, 3.8) is 0 Å². The van der Waals surface area contributed by atoms with Gasteiger partial charge in [-0.3, -0.25) is 4.79 Å². The van der Waals surface area contributed by atoms with Crippen molar-refractivity contribution in [1.82, 2.24) is 4.57 Å². The molecule has 3 rings (SSSR count). The van der Waals surface area contributed by atoms with Crippen molar-refractivity contribution in [2.45, 2.75) is 6.92 Å². The lowest BCUT2D eigenvalue weighted by Gasteiger charge is -2.09. The van der Waals surface area contributed by atoms with Gasteiger partial charge in [-0.25, -0.2) is 0 Å². The zero-order valence-corrected chi connectivity index (χ0v) is 16.0. The van der Waals surface area contributed by atoms with E-state index in [1.807, 2.05) is 60.1 Å². The van der Waals surface area contributed by atoms with Crippen molar-refractivity contribution < 1.29 is 14.3 Å². The van der Waals surface area contributed by atoms with Crippen molar-refractivity contribution in [2.75, 3.05) is 14.2 Å². The molecule has 0 atom stereocenters. The third kappa shape index (κ3) is 3.55. The van der Waals surface area contributed by atoms with Crippen molar-refractivity contribution in [3.8, 4) is 33.2 Å². The van der Waals surface area contributed by atoms with Crippen LogP contribution in [0.2, 0.25) is 0 Å². The number of carbonyl (C=O) groups is 1. The lowest BCUT2D eigenvalue weighted by atomic mass is 10.1. The molecule has 0 saturated heterocycles. The summed E-state index contributed by atoms with van der Waals surface area (Å²) in [4.78, 5) is 17.4. The topological polar surface area (TPSA) is 52.8 Å². The van der Waals surface area contributed by atoms with Gasteiger partial charge in [0.15, 0.2) is 4.80 Å². The standard InChI is InChI=1S/C20H20N2O3S/c1-13(23)21-20-22(2)18(14-5-9-16(24-3)10-6-14)19(26-20)15-7-11-17(25-4)12-8-15/h5-12H,1-4H3. The van der Waals surface area contributed by atoms with Gasteiger partial charge in [-0.1, -0.05) is 11.3 Å². The highest BCUT2D eigenvalue weighted by Gasteiger charge is 2.16. The molecule has 1 heterocycles. The SMILES string of the molecule is COc1ccc(-c2sc(=NC(C)=O)n(C)c2-c2ccc(OC)cc2)cc1. The fourth-order valence-corrected chi connectivity index (χ4v) is 3.89. The van der Waals surface area contributed by atoms with Gasteiger partial charge in [0.25, 0.3) is 0 Å². The Balaban J connectivity index is 2.22. The summed E-state index contributed by atoms with van der Waals surface area (Å²) >= 11 is 1.49. The fraction of sp³-hybridized carbons (Fsp3) is 0.200. The molecule has 0 radical (unpaired) electrons. The molecule has 0 fully saturated rings. The minimum atomic E-state index is -0.218. The molecular formula is C20H20N2O3S. The van der Waals surface area contributed by atoms with E-state index in [9.17, 15) is 4.79 Å². The zero-order valence-electron chi connectivity index (χ0n) is 15.1. The Morgan fingerprint density at radius 3 is 1.88 bits per heavy atom. The summed E-state index contributed by atoms with van der Waals surface area (Å²) in [7, 11) is 5.21. The molecule has 3 aromatic rings. The zero-order chi connectivity index (χ0) is 18.7. The fourth-order valence-electron chi connectivity index (χ4n) is 2.70. The van der Waals surface area contributed by atoms with Gasteiger partial charge in [0.1, 0.15) is 11.5 Å². The molecule has 5 nitrogen and oxygen atoms in total. The van der Waals surface area contributed by atoms with Gasteiger partial charge in [-0.2, -0.15) is 4.99 Å². The van der Waals surface area contributed by atoms with Gasteiger partial charge in [-0.15, -0.1) is 0 Å². The summed E-state index contributed by atoms with van der Waals surface area (Å²) < 4.78 is 12.5. The van der Waals surface area contributed by atoms with Crippen molar-refractivity contribution in [1.29, 1.82) is 0 Å². The molecule has 1 amide bonds. The maximum absolute atomic E-state index is 11.5. The summed E-state index contributed by atoms with van der Waals surface area (Å²) in [5.41, 5.74) is 3.07. The van der Waals surface area contributed by atoms with Gasteiger partial charge in [0, 0.05) is 14.0 Å². The molecule has 6 heteroatoms. The highest BCUT2D eigenvalue weighted by atomic mass is 32.1. The Morgan fingerprint density at radius 1 is 0.923 bits per heavy atom. The molecule has 0 saturated carbocycles. The van der Waals surface area contributed by atoms with E-state index in [1.54, 1.807) is 14.2 Å². The van der Waals surface area contributed by atoms with Crippen LogP contribution in [-0.4, -0.2) is 24.7 Å². The van der Waals surface area contributed by atoms with Gasteiger partial charge in [-0.05, 0) is 59.7 Å². The third-order valence-electron chi connectivity index (χ3n) is 4.00. The van der Waals surface area contributed by atoms with Crippen LogP contribution in [0.15, 0.2) is 53.5 Å². The summed E-state index contributed by atoms with van der Waals surface area (Å²) in [6, 6.07) is 15.7. The van der Waals surface area contributed by atoms with Crippen molar-refractivity contribution in [3.05, 3.63) is 53.3 Å². The maximum atomic E-state index is 11.5. The molecule has 2 aromatic carbocycles. The van der Waals surface area contributed by atoms with E-state index in [0.717, 1.165) is 33.2 Å². The average molecular weight is 368 g/mol. The highest BCUT2D eigenvalue weighted by molar-refractivity contribution is 7.13. The second-order valence-corrected chi connectivity index (χ2v) is 6.69. The largest absolute Gasteiger partial charge is 0.497 e. The Hall–Kier alpha value is -2.86. The summed E-state index contributed by atoms with van der Waals surface area (Å²) in [6.45, 7) is 1.46. The van der Waals surface area contributed by atoms with E-state index in [-0.39, 0.29) is 5.91 Å². The minimum Gasteiger partial charge on any atom is -0.497 e. The number of amides is 1. The minimum absolute atomic E-state index is 0.218. The number of thiazole rings is 1. The van der Waals surface area contributed by atoms with Crippen LogP contribution < -0.4 is 14.3 Å². The van der Waals surface area contributed by atoms with E-state index in [0.29, 0.717) is 4.80 Å². The van der Waals surface area contributed by atoms with Gasteiger partial charge >= 0.3 is 0 Å². The summed E-state index contributed by atoms with van der Waals surface area (Å²) in [5, 5.41) is 0. The third-order valence-corrected chi connectivity index (χ3v) is 5.18. The lowest BCUT2D eigenvalue weighted by molar-refractivity contribution is -0.116. The normalized spacial score (nSPS) is 11.5. The first-order valence-corrected chi connectivity index (χ1v) is 8.89. The van der Waals surface area contributed by atoms with Gasteiger partial charge in [0.05, 0.1) is 24.8 Å². The lowest BCUT2D eigenvalue weighted by Crippen LogP contribution is -2.13. The monoisotopic (exact) mass is 368 g/mol. The number of rotatable bonds is 4. The Kier molecular flexibility index (Phi) is 5.23. The van der Waals surface area contributed by atoms with E-state index in [2.05, 4.69) is 4.99 Å². The van der Waals surface area contributed by atoms with Gasteiger partial charge in [0.2, 0.25) is 5.91 Å². The number of aromatic nitrogens is 1. The number of benzene rings is 2. The first kappa shape index (κ1) is 17.9. The van der Waals surface area contributed by atoms with Crippen LogP contribution in [0.4, 0.5) is 0 Å². The molecule has 0 unspecified atom stereocenters. The quantitative estimate of drug-likeness (QED) is 0.702.